The average Bonchev–Trinajstić information content (AvgIpc) is 3.31. The maximum Gasteiger partial charge on any atom is 0.0334 e. The van der Waals surface area contributed by atoms with Crippen molar-refractivity contribution in [3.05, 3.63) is 0 Å². The zero-order valence-corrected chi connectivity index (χ0v) is 14.5. The Hall–Kier alpha value is -0.0800. The van der Waals surface area contributed by atoms with E-state index >= 15 is 0 Å². The van der Waals surface area contributed by atoms with Crippen LogP contribution < -0.4 is 5.73 Å². The molecule has 1 saturated heterocycles. The topological polar surface area (TPSA) is 29.3 Å². The molecule has 0 radical (unpaired) electrons. The molecule has 0 aromatic rings. The summed E-state index contributed by atoms with van der Waals surface area (Å²) in [7, 11) is 0. The lowest BCUT2D eigenvalue weighted by atomic mass is 9.70. The Bertz CT molecular complexity index is 347. The molecular weight excluding hydrogens is 256 g/mol. The molecule has 0 amide bonds. The van der Waals surface area contributed by atoms with Gasteiger partial charge in [-0.1, -0.05) is 33.6 Å². The van der Waals surface area contributed by atoms with Crippen LogP contribution in [0.15, 0.2) is 0 Å². The highest BCUT2D eigenvalue weighted by atomic mass is 15.2. The number of likely N-dealkylation sites (tertiary alicyclic amines) is 1. The molecule has 2 nitrogen and oxygen atoms in total. The van der Waals surface area contributed by atoms with Gasteiger partial charge in [-0.05, 0) is 74.8 Å². The molecule has 21 heavy (non-hydrogen) atoms. The van der Waals surface area contributed by atoms with E-state index in [0.29, 0.717) is 11.0 Å². The molecule has 3 fully saturated rings. The largest absolute Gasteiger partial charge is 0.329 e. The maximum absolute atomic E-state index is 6.33. The van der Waals surface area contributed by atoms with Crippen LogP contribution in [0.5, 0.6) is 0 Å². The summed E-state index contributed by atoms with van der Waals surface area (Å²) in [6.45, 7) is 10.7. The van der Waals surface area contributed by atoms with E-state index < -0.39 is 0 Å². The summed E-state index contributed by atoms with van der Waals surface area (Å²) in [6, 6.07) is 0. The van der Waals surface area contributed by atoms with E-state index in [2.05, 4.69) is 25.7 Å². The summed E-state index contributed by atoms with van der Waals surface area (Å²) < 4.78 is 0. The van der Waals surface area contributed by atoms with Gasteiger partial charge < -0.3 is 5.73 Å². The van der Waals surface area contributed by atoms with E-state index in [4.69, 9.17) is 5.73 Å². The zero-order valence-electron chi connectivity index (χ0n) is 14.5. The van der Waals surface area contributed by atoms with Gasteiger partial charge in [0.15, 0.2) is 0 Å². The van der Waals surface area contributed by atoms with Crippen molar-refractivity contribution < 1.29 is 0 Å². The van der Waals surface area contributed by atoms with Crippen molar-refractivity contribution in [1.29, 1.82) is 0 Å². The van der Waals surface area contributed by atoms with Crippen LogP contribution in [0.4, 0.5) is 0 Å². The molecule has 0 bridgehead atoms. The number of nitrogens with zero attached hydrogens (tertiary/aromatic N) is 1. The average molecular weight is 293 g/mol. The van der Waals surface area contributed by atoms with Crippen LogP contribution in [0.3, 0.4) is 0 Å². The van der Waals surface area contributed by atoms with Gasteiger partial charge in [-0.25, -0.2) is 0 Å². The standard InChI is InChI=1S/C19H36N2/c1-18(2,3)17-8-11-21(12-9-17)19(14-20)10-4-5-16(13-19)15-6-7-15/h15-17H,4-14,20H2,1-3H3. The smallest absolute Gasteiger partial charge is 0.0334 e. The van der Waals surface area contributed by atoms with Gasteiger partial charge in [-0.15, -0.1) is 0 Å². The lowest BCUT2D eigenvalue weighted by Gasteiger charge is -2.52. The lowest BCUT2D eigenvalue weighted by molar-refractivity contribution is -0.00803. The van der Waals surface area contributed by atoms with Gasteiger partial charge in [0.2, 0.25) is 0 Å². The molecule has 3 aliphatic rings. The Balaban J connectivity index is 1.63. The fourth-order valence-electron chi connectivity index (χ4n) is 5.18. The van der Waals surface area contributed by atoms with Crippen molar-refractivity contribution in [2.75, 3.05) is 19.6 Å². The third kappa shape index (κ3) is 3.32. The first-order chi connectivity index (χ1) is 9.94. The van der Waals surface area contributed by atoms with Crippen molar-refractivity contribution in [2.24, 2.45) is 28.9 Å². The van der Waals surface area contributed by atoms with Crippen molar-refractivity contribution >= 4 is 0 Å². The summed E-state index contributed by atoms with van der Waals surface area (Å²) in [6.07, 6.45) is 11.4. The first kappa shape index (κ1) is 15.8. The van der Waals surface area contributed by atoms with Crippen LogP contribution in [0.25, 0.3) is 0 Å². The third-order valence-corrected chi connectivity index (χ3v) is 6.92. The molecule has 0 spiro atoms. The highest BCUT2D eigenvalue weighted by Gasteiger charge is 2.45. The molecule has 0 aromatic heterocycles. The Morgan fingerprint density at radius 1 is 1.00 bits per heavy atom. The maximum atomic E-state index is 6.33. The number of rotatable bonds is 3. The predicted octanol–water partition coefficient (Wildman–Crippen LogP) is 4.04. The fourth-order valence-corrected chi connectivity index (χ4v) is 5.18. The highest BCUT2D eigenvalue weighted by Crippen LogP contribution is 2.49. The minimum atomic E-state index is 0.356. The molecule has 2 unspecified atom stereocenters. The van der Waals surface area contributed by atoms with E-state index in [-0.39, 0.29) is 0 Å². The van der Waals surface area contributed by atoms with Crippen molar-refractivity contribution in [1.82, 2.24) is 4.90 Å². The van der Waals surface area contributed by atoms with Crippen LogP contribution in [0, 0.1) is 23.2 Å². The van der Waals surface area contributed by atoms with Crippen LogP contribution in [0.1, 0.15) is 72.1 Å². The second-order valence-corrected chi connectivity index (χ2v) is 9.25. The number of piperidine rings is 1. The van der Waals surface area contributed by atoms with E-state index in [1.165, 1.54) is 64.5 Å². The fraction of sp³-hybridized carbons (Fsp3) is 1.00. The van der Waals surface area contributed by atoms with E-state index in [1.54, 1.807) is 0 Å². The molecule has 1 aliphatic heterocycles. The monoisotopic (exact) mass is 292 g/mol. The molecule has 0 aromatic carbocycles. The highest BCUT2D eigenvalue weighted by molar-refractivity contribution is 5.01. The summed E-state index contributed by atoms with van der Waals surface area (Å²) in [5, 5.41) is 0. The molecule has 1 heterocycles. The van der Waals surface area contributed by atoms with Crippen LogP contribution in [-0.4, -0.2) is 30.1 Å². The number of hydrogen-bond donors (Lipinski definition) is 1. The molecule has 2 N–H and O–H groups in total. The predicted molar refractivity (Wildman–Crippen MR) is 90.2 cm³/mol. The normalized spacial score (nSPS) is 36.9. The van der Waals surface area contributed by atoms with Gasteiger partial charge in [0.25, 0.3) is 0 Å². The zero-order chi connectivity index (χ0) is 15.1. The Morgan fingerprint density at radius 3 is 2.19 bits per heavy atom. The molecular formula is C19H36N2. The quantitative estimate of drug-likeness (QED) is 0.850. The van der Waals surface area contributed by atoms with Gasteiger partial charge in [-0.3, -0.25) is 4.90 Å². The van der Waals surface area contributed by atoms with E-state index in [1.807, 2.05) is 0 Å². The Morgan fingerprint density at radius 2 is 1.67 bits per heavy atom. The first-order valence-corrected chi connectivity index (χ1v) is 9.40. The number of nitrogens with two attached hydrogens (primary N) is 1. The number of hydrogen-bond acceptors (Lipinski definition) is 2. The van der Waals surface area contributed by atoms with E-state index in [0.717, 1.165) is 24.3 Å². The van der Waals surface area contributed by atoms with Crippen LogP contribution in [-0.2, 0) is 0 Å². The SMILES string of the molecule is CC(C)(C)C1CCN(C2(CN)CCCC(C3CC3)C2)CC1. The molecule has 2 atom stereocenters. The second-order valence-electron chi connectivity index (χ2n) is 9.25. The third-order valence-electron chi connectivity index (χ3n) is 6.92. The van der Waals surface area contributed by atoms with Gasteiger partial charge in [0.05, 0.1) is 0 Å². The lowest BCUT2D eigenvalue weighted by Crippen LogP contribution is -2.59. The van der Waals surface area contributed by atoms with Crippen molar-refractivity contribution in [2.45, 2.75) is 77.7 Å². The van der Waals surface area contributed by atoms with E-state index in [9.17, 15) is 0 Å². The Kier molecular flexibility index (Phi) is 4.40. The van der Waals surface area contributed by atoms with Crippen molar-refractivity contribution in [3.8, 4) is 0 Å². The summed E-state index contributed by atoms with van der Waals surface area (Å²) >= 11 is 0. The van der Waals surface area contributed by atoms with Gasteiger partial charge in [-0.2, -0.15) is 0 Å². The first-order valence-electron chi connectivity index (χ1n) is 9.40. The van der Waals surface area contributed by atoms with Crippen molar-refractivity contribution in [3.63, 3.8) is 0 Å². The van der Waals surface area contributed by atoms with Crippen LogP contribution >= 0.6 is 0 Å². The molecule has 2 saturated carbocycles. The minimum Gasteiger partial charge on any atom is -0.329 e. The molecule has 2 aliphatic carbocycles. The summed E-state index contributed by atoms with van der Waals surface area (Å²) in [4.78, 5) is 2.81. The van der Waals surface area contributed by atoms with Gasteiger partial charge in [0, 0.05) is 12.1 Å². The molecule has 122 valence electrons. The van der Waals surface area contributed by atoms with Gasteiger partial charge in [0.1, 0.15) is 0 Å². The molecule has 2 heteroatoms. The summed E-state index contributed by atoms with van der Waals surface area (Å²) in [5.74, 6) is 2.94. The van der Waals surface area contributed by atoms with Crippen LogP contribution in [0.2, 0.25) is 0 Å². The second kappa shape index (κ2) is 5.85. The Labute approximate surface area is 131 Å². The summed E-state index contributed by atoms with van der Waals surface area (Å²) in [5.41, 5.74) is 7.16. The molecule has 3 rings (SSSR count). The minimum absolute atomic E-state index is 0.356. The van der Waals surface area contributed by atoms with Gasteiger partial charge >= 0.3 is 0 Å².